The van der Waals surface area contributed by atoms with Crippen molar-refractivity contribution in [2.24, 2.45) is 17.4 Å². The highest BCUT2D eigenvalue weighted by molar-refractivity contribution is 5.92. The molecule has 0 aliphatic carbocycles. The molecule has 6 heteroatoms. The summed E-state index contributed by atoms with van der Waals surface area (Å²) in [7, 11) is 0. The molecule has 3 unspecified atom stereocenters. The quantitative estimate of drug-likeness (QED) is 0.730. The number of anilines is 1. The molecule has 2 amide bonds. The third-order valence-electron chi connectivity index (χ3n) is 4.47. The molecule has 1 fully saturated rings. The molecular weight excluding hydrogens is 292 g/mol. The van der Waals surface area contributed by atoms with Crippen LogP contribution in [0.2, 0.25) is 0 Å². The largest absolute Gasteiger partial charge is 0.368 e. The molecule has 5 N–H and O–H groups in total. The van der Waals surface area contributed by atoms with Crippen LogP contribution in [-0.4, -0.2) is 35.3 Å². The summed E-state index contributed by atoms with van der Waals surface area (Å²) in [5.41, 5.74) is 13.0. The zero-order valence-electron chi connectivity index (χ0n) is 13.8. The first-order valence-corrected chi connectivity index (χ1v) is 8.07. The predicted molar refractivity (Wildman–Crippen MR) is 90.5 cm³/mol. The van der Waals surface area contributed by atoms with Crippen LogP contribution >= 0.6 is 0 Å². The van der Waals surface area contributed by atoms with E-state index in [1.54, 1.807) is 0 Å². The maximum absolute atomic E-state index is 12.1. The second-order valence-electron chi connectivity index (χ2n) is 6.37. The van der Waals surface area contributed by atoms with E-state index < -0.39 is 0 Å². The van der Waals surface area contributed by atoms with Gasteiger partial charge in [0.25, 0.3) is 0 Å². The number of hydrogen-bond acceptors (Lipinski definition) is 4. The van der Waals surface area contributed by atoms with Crippen molar-refractivity contribution >= 4 is 17.5 Å². The lowest BCUT2D eigenvalue weighted by molar-refractivity contribution is -0.122. The fourth-order valence-corrected chi connectivity index (χ4v) is 2.81. The number of amides is 2. The average molecular weight is 318 g/mol. The van der Waals surface area contributed by atoms with Gasteiger partial charge >= 0.3 is 0 Å². The number of likely N-dealkylation sites (tertiary alicyclic amines) is 1. The van der Waals surface area contributed by atoms with Gasteiger partial charge in [-0.05, 0) is 44.0 Å². The van der Waals surface area contributed by atoms with Gasteiger partial charge in [0.05, 0.1) is 12.0 Å². The second kappa shape index (κ2) is 7.57. The first-order chi connectivity index (χ1) is 10.9. The molecule has 6 nitrogen and oxygen atoms in total. The monoisotopic (exact) mass is 318 g/mol. The van der Waals surface area contributed by atoms with Crippen molar-refractivity contribution in [2.45, 2.75) is 45.3 Å². The Bertz CT molecular complexity index is 573. The van der Waals surface area contributed by atoms with Crippen molar-refractivity contribution in [3.8, 4) is 0 Å². The molecule has 1 aromatic rings. The highest BCUT2D eigenvalue weighted by atomic mass is 16.2. The van der Waals surface area contributed by atoms with Gasteiger partial charge in [-0.1, -0.05) is 19.1 Å². The van der Waals surface area contributed by atoms with Gasteiger partial charge in [0.1, 0.15) is 0 Å². The molecule has 3 atom stereocenters. The van der Waals surface area contributed by atoms with Gasteiger partial charge in [-0.3, -0.25) is 14.5 Å². The van der Waals surface area contributed by atoms with Crippen LogP contribution in [0.15, 0.2) is 24.3 Å². The van der Waals surface area contributed by atoms with Crippen LogP contribution in [0.3, 0.4) is 0 Å². The Morgan fingerprint density at radius 3 is 2.78 bits per heavy atom. The van der Waals surface area contributed by atoms with Crippen molar-refractivity contribution in [3.63, 3.8) is 0 Å². The summed E-state index contributed by atoms with van der Waals surface area (Å²) in [6.07, 6.45) is 1.80. The number of primary amides is 1. The fourth-order valence-electron chi connectivity index (χ4n) is 2.81. The third-order valence-corrected chi connectivity index (χ3v) is 4.47. The molecule has 0 saturated carbocycles. The number of hydrogen-bond donors (Lipinski definition) is 3. The van der Waals surface area contributed by atoms with Crippen molar-refractivity contribution in [1.82, 2.24) is 4.90 Å². The van der Waals surface area contributed by atoms with Gasteiger partial charge < -0.3 is 16.8 Å². The molecule has 1 aromatic carbocycles. The lowest BCUT2D eigenvalue weighted by atomic mass is 10.0. The molecule has 0 aromatic heterocycles. The topological polar surface area (TPSA) is 101 Å². The predicted octanol–water partition coefficient (Wildman–Crippen LogP) is 1.06. The average Bonchev–Trinajstić information content (AvgIpc) is 2.95. The van der Waals surface area contributed by atoms with Crippen LogP contribution in [0.25, 0.3) is 0 Å². The van der Waals surface area contributed by atoms with Crippen LogP contribution in [0, 0.1) is 5.92 Å². The van der Waals surface area contributed by atoms with Gasteiger partial charge in [0.2, 0.25) is 11.8 Å². The maximum atomic E-state index is 12.1. The molecule has 0 bridgehead atoms. The highest BCUT2D eigenvalue weighted by Gasteiger charge is 2.28. The number of rotatable bonds is 6. The van der Waals surface area contributed by atoms with Crippen LogP contribution in [0.5, 0.6) is 0 Å². The Kier molecular flexibility index (Phi) is 5.74. The van der Waals surface area contributed by atoms with Gasteiger partial charge in [0, 0.05) is 18.3 Å². The molecule has 126 valence electrons. The highest BCUT2D eigenvalue weighted by Crippen LogP contribution is 2.21. The van der Waals surface area contributed by atoms with E-state index in [9.17, 15) is 9.59 Å². The van der Waals surface area contributed by atoms with E-state index >= 15 is 0 Å². The van der Waals surface area contributed by atoms with Crippen molar-refractivity contribution < 1.29 is 9.59 Å². The van der Waals surface area contributed by atoms with E-state index in [1.807, 2.05) is 38.1 Å². The molecule has 1 saturated heterocycles. The normalized spacial score (nSPS) is 20.9. The molecular formula is C17H26N4O2. The van der Waals surface area contributed by atoms with Crippen LogP contribution in [-0.2, 0) is 16.1 Å². The summed E-state index contributed by atoms with van der Waals surface area (Å²) in [5.74, 6) is -0.609. The van der Waals surface area contributed by atoms with Gasteiger partial charge in [-0.15, -0.1) is 0 Å². The fraction of sp³-hybridized carbons (Fsp3) is 0.529. The minimum absolute atomic E-state index is 0.0895. The summed E-state index contributed by atoms with van der Waals surface area (Å²) >= 11 is 0. The van der Waals surface area contributed by atoms with E-state index in [4.69, 9.17) is 11.5 Å². The SMILES string of the molecule is CC(N)C(C)C(=O)Nc1cccc(CN2CCCC2C(N)=O)c1. The van der Waals surface area contributed by atoms with E-state index in [0.29, 0.717) is 6.54 Å². The molecule has 23 heavy (non-hydrogen) atoms. The van der Waals surface area contributed by atoms with Crippen molar-refractivity contribution in [3.05, 3.63) is 29.8 Å². The van der Waals surface area contributed by atoms with Crippen LogP contribution in [0.4, 0.5) is 5.69 Å². The molecule has 1 aliphatic rings. The van der Waals surface area contributed by atoms with Gasteiger partial charge in [-0.2, -0.15) is 0 Å². The van der Waals surface area contributed by atoms with Gasteiger partial charge in [0.15, 0.2) is 0 Å². The maximum Gasteiger partial charge on any atom is 0.234 e. The van der Waals surface area contributed by atoms with Crippen molar-refractivity contribution in [1.29, 1.82) is 0 Å². The molecule has 0 spiro atoms. The van der Waals surface area contributed by atoms with Crippen LogP contribution in [0.1, 0.15) is 32.3 Å². The first-order valence-electron chi connectivity index (χ1n) is 8.07. The number of carbonyl (C=O) groups excluding carboxylic acids is 2. The second-order valence-corrected chi connectivity index (χ2v) is 6.37. The Morgan fingerprint density at radius 2 is 2.13 bits per heavy atom. The number of nitrogens with zero attached hydrogens (tertiary/aromatic N) is 1. The number of nitrogens with two attached hydrogens (primary N) is 2. The van der Waals surface area contributed by atoms with E-state index in [-0.39, 0.29) is 29.8 Å². The lowest BCUT2D eigenvalue weighted by Crippen LogP contribution is -2.39. The number of carbonyl (C=O) groups is 2. The summed E-state index contributed by atoms with van der Waals surface area (Å²) < 4.78 is 0. The molecule has 1 heterocycles. The Hall–Kier alpha value is -1.92. The first kappa shape index (κ1) is 17.4. The Labute approximate surface area is 137 Å². The lowest BCUT2D eigenvalue weighted by Gasteiger charge is -2.22. The summed E-state index contributed by atoms with van der Waals surface area (Å²) in [6, 6.07) is 7.29. The number of benzene rings is 1. The molecule has 1 aliphatic heterocycles. The standard InChI is InChI=1S/C17H26N4O2/c1-11(12(2)18)17(23)20-14-6-3-5-13(9-14)10-21-8-4-7-15(21)16(19)22/h3,5-6,9,11-12,15H,4,7-8,10,18H2,1-2H3,(H2,19,22)(H,20,23). The Balaban J connectivity index is 2.02. The minimum atomic E-state index is -0.266. The molecule has 0 radical (unpaired) electrons. The summed E-state index contributed by atoms with van der Waals surface area (Å²) in [6.45, 7) is 5.15. The van der Waals surface area contributed by atoms with Gasteiger partial charge in [-0.25, -0.2) is 0 Å². The zero-order chi connectivity index (χ0) is 17.0. The smallest absolute Gasteiger partial charge is 0.234 e. The van der Waals surface area contributed by atoms with E-state index in [0.717, 1.165) is 30.6 Å². The Morgan fingerprint density at radius 1 is 1.39 bits per heavy atom. The van der Waals surface area contributed by atoms with E-state index in [1.165, 1.54) is 0 Å². The summed E-state index contributed by atoms with van der Waals surface area (Å²) in [4.78, 5) is 25.6. The summed E-state index contributed by atoms with van der Waals surface area (Å²) in [5, 5.41) is 2.89. The van der Waals surface area contributed by atoms with Crippen LogP contribution < -0.4 is 16.8 Å². The third kappa shape index (κ3) is 4.53. The van der Waals surface area contributed by atoms with E-state index in [2.05, 4.69) is 10.2 Å². The number of nitrogens with one attached hydrogen (secondary N) is 1. The minimum Gasteiger partial charge on any atom is -0.368 e. The molecule has 2 rings (SSSR count). The zero-order valence-corrected chi connectivity index (χ0v) is 13.8. The van der Waals surface area contributed by atoms with Crippen molar-refractivity contribution in [2.75, 3.05) is 11.9 Å².